The van der Waals surface area contributed by atoms with Gasteiger partial charge >= 0.3 is 0 Å². The number of rotatable bonds is 52. The summed E-state index contributed by atoms with van der Waals surface area (Å²) in [6, 6.07) is -0.998. The van der Waals surface area contributed by atoms with Gasteiger partial charge in [0.25, 0.3) is 0 Å². The first kappa shape index (κ1) is 61.0. The van der Waals surface area contributed by atoms with Crippen LogP contribution in [0.25, 0.3) is 0 Å². The first-order valence-corrected chi connectivity index (χ1v) is 28.1. The maximum absolute atomic E-state index is 12.6. The van der Waals surface area contributed by atoms with Gasteiger partial charge in [0.15, 0.2) is 0 Å². The molecule has 0 aliphatic rings. The standard InChI is InChI=1S/C56H111NO5/c1-3-5-7-9-11-13-15-17-19-21-23-24-25-26-27-28-29-30-31-32-34-35-37-39-41-43-45-47-49-53(59)55(61)52(51-58)57-56(62)54(60)50-48-46-44-42-40-38-36-33-22-20-18-16-14-12-10-8-6-4-2/h41,43,52-55,58-61H,3-40,42,44-51H2,1-2H3,(H,57,62)/b43-41+. The van der Waals surface area contributed by atoms with Crippen molar-refractivity contribution in [3.05, 3.63) is 12.2 Å². The number of aliphatic hydroxyl groups is 4. The van der Waals surface area contributed by atoms with Gasteiger partial charge in [-0.2, -0.15) is 0 Å². The molecule has 0 aliphatic heterocycles. The molecule has 0 saturated heterocycles. The molecule has 0 spiro atoms. The summed E-state index contributed by atoms with van der Waals surface area (Å²) < 4.78 is 0. The zero-order chi connectivity index (χ0) is 45.2. The van der Waals surface area contributed by atoms with Gasteiger partial charge in [-0.25, -0.2) is 0 Å². The highest BCUT2D eigenvalue weighted by molar-refractivity contribution is 5.80. The van der Waals surface area contributed by atoms with Crippen LogP contribution in [0.4, 0.5) is 0 Å². The first-order chi connectivity index (χ1) is 30.5. The van der Waals surface area contributed by atoms with Gasteiger partial charge in [0, 0.05) is 0 Å². The molecule has 0 aromatic rings. The second kappa shape index (κ2) is 51.0. The van der Waals surface area contributed by atoms with Crippen LogP contribution in [-0.4, -0.2) is 57.3 Å². The van der Waals surface area contributed by atoms with Crippen LogP contribution in [-0.2, 0) is 4.79 Å². The van der Waals surface area contributed by atoms with E-state index in [1.165, 1.54) is 244 Å². The van der Waals surface area contributed by atoms with E-state index >= 15 is 0 Å². The van der Waals surface area contributed by atoms with Gasteiger partial charge in [-0.05, 0) is 38.5 Å². The highest BCUT2D eigenvalue weighted by Gasteiger charge is 2.28. The van der Waals surface area contributed by atoms with E-state index in [4.69, 9.17) is 0 Å². The lowest BCUT2D eigenvalue weighted by Crippen LogP contribution is -2.53. The molecule has 370 valence electrons. The number of carbonyl (C=O) groups excluding carboxylic acids is 1. The third kappa shape index (κ3) is 44.3. The summed E-state index contributed by atoms with van der Waals surface area (Å²) in [6.45, 7) is 4.08. The molecule has 62 heavy (non-hydrogen) atoms. The number of nitrogens with one attached hydrogen (secondary N) is 1. The molecule has 0 saturated carbocycles. The van der Waals surface area contributed by atoms with Crippen molar-refractivity contribution < 1.29 is 25.2 Å². The lowest BCUT2D eigenvalue weighted by Gasteiger charge is -2.27. The van der Waals surface area contributed by atoms with E-state index in [-0.39, 0.29) is 0 Å². The molecule has 0 rings (SSSR count). The van der Waals surface area contributed by atoms with Crippen LogP contribution in [0.2, 0.25) is 0 Å². The van der Waals surface area contributed by atoms with Gasteiger partial charge in [0.05, 0.1) is 18.8 Å². The van der Waals surface area contributed by atoms with E-state index in [0.29, 0.717) is 12.8 Å². The Morgan fingerprint density at radius 3 is 0.968 bits per heavy atom. The van der Waals surface area contributed by atoms with Gasteiger partial charge < -0.3 is 25.7 Å². The van der Waals surface area contributed by atoms with Crippen molar-refractivity contribution in [3.63, 3.8) is 0 Å². The monoisotopic (exact) mass is 878 g/mol. The largest absolute Gasteiger partial charge is 0.394 e. The minimum absolute atomic E-state index is 0.368. The molecule has 1 amide bonds. The minimum Gasteiger partial charge on any atom is -0.394 e. The Bertz CT molecular complexity index is 898. The van der Waals surface area contributed by atoms with Crippen molar-refractivity contribution in [2.75, 3.05) is 6.61 Å². The highest BCUT2D eigenvalue weighted by atomic mass is 16.3. The third-order valence-electron chi connectivity index (χ3n) is 13.5. The lowest BCUT2D eigenvalue weighted by molar-refractivity contribution is -0.132. The van der Waals surface area contributed by atoms with E-state index in [1.807, 2.05) is 0 Å². The van der Waals surface area contributed by atoms with E-state index in [9.17, 15) is 25.2 Å². The normalized spacial score (nSPS) is 13.8. The summed E-state index contributed by atoms with van der Waals surface area (Å²) >= 11 is 0. The van der Waals surface area contributed by atoms with Gasteiger partial charge in [-0.1, -0.05) is 283 Å². The van der Waals surface area contributed by atoms with Crippen molar-refractivity contribution >= 4 is 5.91 Å². The van der Waals surface area contributed by atoms with Crippen molar-refractivity contribution in [1.29, 1.82) is 0 Å². The lowest BCUT2D eigenvalue weighted by atomic mass is 10.00. The predicted octanol–water partition coefficient (Wildman–Crippen LogP) is 16.1. The predicted molar refractivity (Wildman–Crippen MR) is 270 cm³/mol. The number of carbonyl (C=O) groups is 1. The van der Waals surface area contributed by atoms with E-state index in [1.54, 1.807) is 0 Å². The molecule has 0 fully saturated rings. The summed E-state index contributed by atoms with van der Waals surface area (Å²) in [5.41, 5.74) is 0. The van der Waals surface area contributed by atoms with Crippen LogP contribution in [0.15, 0.2) is 12.2 Å². The minimum atomic E-state index is -1.28. The number of aliphatic hydroxyl groups excluding tert-OH is 4. The van der Waals surface area contributed by atoms with E-state index in [2.05, 4.69) is 31.3 Å². The maximum atomic E-state index is 12.6. The number of amides is 1. The van der Waals surface area contributed by atoms with Crippen molar-refractivity contribution in [3.8, 4) is 0 Å². The smallest absolute Gasteiger partial charge is 0.249 e. The Labute approximate surface area is 387 Å². The average molecular weight is 879 g/mol. The van der Waals surface area contributed by atoms with Crippen LogP contribution >= 0.6 is 0 Å². The van der Waals surface area contributed by atoms with Gasteiger partial charge in [-0.15, -0.1) is 0 Å². The number of allylic oxidation sites excluding steroid dienone is 2. The molecule has 4 atom stereocenters. The summed E-state index contributed by atoms with van der Waals surface area (Å²) in [6.07, 6.45) is 60.0. The van der Waals surface area contributed by atoms with Gasteiger partial charge in [0.2, 0.25) is 5.91 Å². The fourth-order valence-corrected chi connectivity index (χ4v) is 9.06. The van der Waals surface area contributed by atoms with Crippen LogP contribution in [0.3, 0.4) is 0 Å². The number of hydrogen-bond acceptors (Lipinski definition) is 5. The highest BCUT2D eigenvalue weighted by Crippen LogP contribution is 2.18. The molecule has 0 aromatic carbocycles. The molecule has 0 aromatic heterocycles. The van der Waals surface area contributed by atoms with Gasteiger partial charge in [-0.3, -0.25) is 4.79 Å². The summed E-state index contributed by atoms with van der Waals surface area (Å²) in [4.78, 5) is 12.6. The maximum Gasteiger partial charge on any atom is 0.249 e. The Balaban J connectivity index is 3.62. The Hall–Kier alpha value is -0.950. The zero-order valence-corrected chi connectivity index (χ0v) is 41.9. The first-order valence-electron chi connectivity index (χ1n) is 28.1. The summed E-state index contributed by atoms with van der Waals surface area (Å²) in [5.74, 6) is -0.587. The Kier molecular flexibility index (Phi) is 50.3. The average Bonchev–Trinajstić information content (AvgIpc) is 3.28. The zero-order valence-electron chi connectivity index (χ0n) is 41.9. The molecule has 6 nitrogen and oxygen atoms in total. The summed E-state index contributed by atoms with van der Waals surface area (Å²) in [7, 11) is 0. The fourth-order valence-electron chi connectivity index (χ4n) is 9.06. The summed E-state index contributed by atoms with van der Waals surface area (Å²) in [5, 5.41) is 43.9. The molecule has 5 N–H and O–H groups in total. The Morgan fingerprint density at radius 1 is 0.387 bits per heavy atom. The topological polar surface area (TPSA) is 110 Å². The molecule has 0 heterocycles. The van der Waals surface area contributed by atoms with E-state index in [0.717, 1.165) is 38.5 Å². The van der Waals surface area contributed by atoms with Crippen molar-refractivity contribution in [2.45, 2.75) is 334 Å². The molecular weight excluding hydrogens is 767 g/mol. The SMILES string of the molecule is CCCCCCCCCCCCCCCCCCCCCCCCC/C=C/CCCC(O)C(O)C(CO)NC(=O)C(O)CCCCCCCCCCCCCCCCCCCC. The number of unbranched alkanes of at least 4 members (excludes halogenated alkanes) is 41. The van der Waals surface area contributed by atoms with Gasteiger partial charge in [0.1, 0.15) is 12.2 Å². The molecule has 0 bridgehead atoms. The number of hydrogen-bond donors (Lipinski definition) is 5. The van der Waals surface area contributed by atoms with Crippen molar-refractivity contribution in [1.82, 2.24) is 5.32 Å². The quantitative estimate of drug-likeness (QED) is 0.0309. The van der Waals surface area contributed by atoms with Crippen LogP contribution in [0.5, 0.6) is 0 Å². The van der Waals surface area contributed by atoms with Crippen LogP contribution < -0.4 is 5.32 Å². The van der Waals surface area contributed by atoms with Crippen LogP contribution in [0.1, 0.15) is 309 Å². The molecule has 4 unspecified atom stereocenters. The van der Waals surface area contributed by atoms with Crippen molar-refractivity contribution in [2.24, 2.45) is 0 Å². The molecule has 6 heteroatoms. The molecule has 0 aliphatic carbocycles. The third-order valence-corrected chi connectivity index (χ3v) is 13.5. The molecular formula is C56H111NO5. The fraction of sp³-hybridized carbons (Fsp3) is 0.946. The Morgan fingerprint density at radius 2 is 0.661 bits per heavy atom. The second-order valence-electron chi connectivity index (χ2n) is 19.6. The second-order valence-corrected chi connectivity index (χ2v) is 19.6. The van der Waals surface area contributed by atoms with E-state index < -0.39 is 36.9 Å². The van der Waals surface area contributed by atoms with Crippen LogP contribution in [0, 0.1) is 0 Å². The molecule has 0 radical (unpaired) electrons.